The van der Waals surface area contributed by atoms with E-state index in [9.17, 15) is 4.79 Å². The van der Waals surface area contributed by atoms with Gasteiger partial charge in [0.25, 0.3) is 0 Å². The summed E-state index contributed by atoms with van der Waals surface area (Å²) in [7, 11) is 0. The summed E-state index contributed by atoms with van der Waals surface area (Å²) in [6, 6.07) is 3.23. The van der Waals surface area contributed by atoms with Crippen molar-refractivity contribution in [3.05, 3.63) is 24.0 Å². The van der Waals surface area contributed by atoms with Gasteiger partial charge in [-0.3, -0.25) is 0 Å². The van der Waals surface area contributed by atoms with Crippen molar-refractivity contribution in [2.24, 2.45) is 0 Å². The number of carbonyl (C=O) groups is 1. The molecular weight excluding hydrogens is 220 g/mol. The number of hydrogen-bond donors (Lipinski definition) is 2. The summed E-state index contributed by atoms with van der Waals surface area (Å²) in [6.07, 6.45) is 3.79. The fourth-order valence-corrected chi connectivity index (χ4v) is 1.53. The van der Waals surface area contributed by atoms with E-state index < -0.39 is 5.97 Å². The summed E-state index contributed by atoms with van der Waals surface area (Å²) in [6.45, 7) is 2.94. The molecule has 0 unspecified atom stereocenters. The second-order valence-electron chi connectivity index (χ2n) is 3.72. The molecule has 2 heterocycles. The zero-order valence-corrected chi connectivity index (χ0v) is 9.55. The molecule has 6 heteroatoms. The van der Waals surface area contributed by atoms with Crippen molar-refractivity contribution < 1.29 is 9.90 Å². The highest BCUT2D eigenvalue weighted by Crippen LogP contribution is 2.11. The average molecular weight is 234 g/mol. The smallest absolute Gasteiger partial charge is 0.356 e. The Labute approximate surface area is 98.3 Å². The minimum Gasteiger partial charge on any atom is -0.476 e. The van der Waals surface area contributed by atoms with Crippen LogP contribution in [0.1, 0.15) is 30.3 Å². The molecule has 0 fully saturated rings. The highest BCUT2D eigenvalue weighted by Gasteiger charge is 2.11. The fraction of sp³-hybridized carbons (Fsp3) is 0.364. The quantitative estimate of drug-likeness (QED) is 0.769. The zero-order chi connectivity index (χ0) is 12.3. The molecule has 0 bridgehead atoms. The Bertz CT molecular complexity index is 535. The Morgan fingerprint density at radius 3 is 3.12 bits per heavy atom. The molecule has 0 aliphatic rings. The lowest BCUT2D eigenvalue weighted by Gasteiger charge is -2.06. The molecule has 6 nitrogen and oxygen atoms in total. The lowest BCUT2D eigenvalue weighted by atomic mass is 10.3. The number of carboxylic acid groups (broad SMARTS) is 1. The number of hydrogen-bond acceptors (Lipinski definition) is 4. The van der Waals surface area contributed by atoms with Gasteiger partial charge in [0.2, 0.25) is 0 Å². The highest BCUT2D eigenvalue weighted by atomic mass is 16.4. The van der Waals surface area contributed by atoms with Gasteiger partial charge >= 0.3 is 5.97 Å². The Morgan fingerprint density at radius 1 is 1.59 bits per heavy atom. The van der Waals surface area contributed by atoms with Gasteiger partial charge in [0, 0.05) is 18.8 Å². The summed E-state index contributed by atoms with van der Waals surface area (Å²) in [5.41, 5.74) is 0.533. The van der Waals surface area contributed by atoms with Gasteiger partial charge in [-0.2, -0.15) is 9.61 Å². The molecule has 17 heavy (non-hydrogen) atoms. The first kappa shape index (κ1) is 11.4. The molecule has 2 aromatic rings. The number of nitrogens with one attached hydrogen (secondary N) is 1. The largest absolute Gasteiger partial charge is 0.476 e. The van der Waals surface area contributed by atoms with Gasteiger partial charge in [0.1, 0.15) is 5.82 Å². The predicted molar refractivity (Wildman–Crippen MR) is 63.3 cm³/mol. The molecular formula is C11H14N4O2. The first-order valence-electron chi connectivity index (χ1n) is 5.54. The Balaban J connectivity index is 2.32. The number of aromatic carboxylic acids is 1. The number of nitrogens with zero attached hydrogens (tertiary/aromatic N) is 3. The van der Waals surface area contributed by atoms with Gasteiger partial charge in [-0.15, -0.1) is 0 Å². The van der Waals surface area contributed by atoms with Gasteiger partial charge < -0.3 is 10.4 Å². The van der Waals surface area contributed by atoms with Crippen LogP contribution in [0.5, 0.6) is 0 Å². The van der Waals surface area contributed by atoms with Crippen molar-refractivity contribution in [2.45, 2.75) is 19.8 Å². The normalized spacial score (nSPS) is 10.6. The molecule has 90 valence electrons. The number of aromatic nitrogens is 3. The van der Waals surface area contributed by atoms with Gasteiger partial charge in [-0.25, -0.2) is 9.78 Å². The van der Waals surface area contributed by atoms with E-state index in [2.05, 4.69) is 22.3 Å². The van der Waals surface area contributed by atoms with Crippen molar-refractivity contribution in [3.63, 3.8) is 0 Å². The Morgan fingerprint density at radius 2 is 2.41 bits per heavy atom. The number of rotatable bonds is 5. The fourth-order valence-electron chi connectivity index (χ4n) is 1.53. The van der Waals surface area contributed by atoms with Crippen LogP contribution in [0.2, 0.25) is 0 Å². The molecule has 2 rings (SSSR count). The number of unbranched alkanes of at least 4 members (excludes halogenated alkanes) is 1. The van der Waals surface area contributed by atoms with Crippen LogP contribution in [0, 0.1) is 0 Å². The van der Waals surface area contributed by atoms with Crippen molar-refractivity contribution >= 4 is 17.4 Å². The maximum absolute atomic E-state index is 10.8. The molecule has 0 amide bonds. The van der Waals surface area contributed by atoms with Crippen molar-refractivity contribution in [1.29, 1.82) is 0 Å². The van der Waals surface area contributed by atoms with E-state index >= 15 is 0 Å². The van der Waals surface area contributed by atoms with Crippen molar-refractivity contribution in [3.8, 4) is 0 Å². The molecule has 0 aliphatic carbocycles. The topological polar surface area (TPSA) is 79.5 Å². The van der Waals surface area contributed by atoms with E-state index in [0.717, 1.165) is 25.2 Å². The average Bonchev–Trinajstić information content (AvgIpc) is 2.74. The van der Waals surface area contributed by atoms with Crippen LogP contribution in [0.4, 0.5) is 5.82 Å². The van der Waals surface area contributed by atoms with E-state index in [4.69, 9.17) is 5.11 Å². The molecule has 0 atom stereocenters. The SMILES string of the molecule is CCCCNc1ccnc2cc(C(=O)O)nn12. The van der Waals surface area contributed by atoms with Crippen LogP contribution in [-0.2, 0) is 0 Å². The van der Waals surface area contributed by atoms with Gasteiger partial charge in [0.15, 0.2) is 11.3 Å². The standard InChI is InChI=1S/C11H14N4O2/c1-2-3-5-12-9-4-6-13-10-7-8(11(16)17)14-15(9)10/h4,6-7,12H,2-3,5H2,1H3,(H,16,17). The van der Waals surface area contributed by atoms with E-state index in [1.807, 2.05) is 0 Å². The van der Waals surface area contributed by atoms with Crippen molar-refractivity contribution in [1.82, 2.24) is 14.6 Å². The first-order chi connectivity index (χ1) is 8.22. The maximum atomic E-state index is 10.8. The molecule has 0 spiro atoms. The minimum atomic E-state index is -1.05. The third-order valence-electron chi connectivity index (χ3n) is 2.41. The second kappa shape index (κ2) is 4.82. The summed E-state index contributed by atoms with van der Waals surface area (Å²) in [5, 5.41) is 16.1. The number of carboxylic acids is 1. The number of anilines is 1. The van der Waals surface area contributed by atoms with Gasteiger partial charge in [0.05, 0.1) is 0 Å². The minimum absolute atomic E-state index is 0.00208. The molecule has 0 radical (unpaired) electrons. The summed E-state index contributed by atoms with van der Waals surface area (Å²) in [4.78, 5) is 14.9. The highest BCUT2D eigenvalue weighted by molar-refractivity contribution is 5.86. The van der Waals surface area contributed by atoms with E-state index in [-0.39, 0.29) is 5.69 Å². The van der Waals surface area contributed by atoms with Gasteiger partial charge in [-0.05, 0) is 12.5 Å². The van der Waals surface area contributed by atoms with E-state index in [0.29, 0.717) is 5.65 Å². The molecule has 0 aliphatic heterocycles. The summed E-state index contributed by atoms with van der Waals surface area (Å²) >= 11 is 0. The van der Waals surface area contributed by atoms with E-state index in [1.54, 1.807) is 12.3 Å². The second-order valence-corrected chi connectivity index (χ2v) is 3.72. The summed E-state index contributed by atoms with van der Waals surface area (Å²) in [5.74, 6) is -0.286. The Kier molecular flexibility index (Phi) is 3.22. The monoisotopic (exact) mass is 234 g/mol. The van der Waals surface area contributed by atoms with Crippen LogP contribution in [0.3, 0.4) is 0 Å². The van der Waals surface area contributed by atoms with Crippen LogP contribution in [0.15, 0.2) is 18.3 Å². The lowest BCUT2D eigenvalue weighted by Crippen LogP contribution is -2.07. The van der Waals surface area contributed by atoms with Crippen LogP contribution >= 0.6 is 0 Å². The van der Waals surface area contributed by atoms with Gasteiger partial charge in [-0.1, -0.05) is 13.3 Å². The molecule has 0 aromatic carbocycles. The lowest BCUT2D eigenvalue weighted by molar-refractivity contribution is 0.0690. The Hall–Kier alpha value is -2.11. The van der Waals surface area contributed by atoms with Crippen LogP contribution in [-0.4, -0.2) is 32.2 Å². The molecule has 0 saturated carbocycles. The first-order valence-corrected chi connectivity index (χ1v) is 5.54. The van der Waals surface area contributed by atoms with Crippen LogP contribution in [0.25, 0.3) is 5.65 Å². The van der Waals surface area contributed by atoms with Crippen molar-refractivity contribution in [2.75, 3.05) is 11.9 Å². The molecule has 2 N–H and O–H groups in total. The van der Waals surface area contributed by atoms with Crippen LogP contribution < -0.4 is 5.32 Å². The third kappa shape index (κ3) is 2.35. The van der Waals surface area contributed by atoms with E-state index in [1.165, 1.54) is 10.6 Å². The number of fused-ring (bicyclic) bond motifs is 1. The maximum Gasteiger partial charge on any atom is 0.356 e. The summed E-state index contributed by atoms with van der Waals surface area (Å²) < 4.78 is 1.51. The third-order valence-corrected chi connectivity index (χ3v) is 2.41. The zero-order valence-electron chi connectivity index (χ0n) is 9.55. The molecule has 0 saturated heterocycles. The molecule has 2 aromatic heterocycles. The predicted octanol–water partition coefficient (Wildman–Crippen LogP) is 1.64.